The Morgan fingerprint density at radius 1 is 1.31 bits per heavy atom. The second-order valence-electron chi connectivity index (χ2n) is 5.82. The van der Waals surface area contributed by atoms with Crippen LogP contribution in [0.2, 0.25) is 0 Å². The Morgan fingerprint density at radius 2 is 2.12 bits per heavy atom. The number of aromatic hydroxyl groups is 1. The third-order valence-electron chi connectivity index (χ3n) is 3.85. The highest BCUT2D eigenvalue weighted by Gasteiger charge is 2.07. The third-order valence-corrected chi connectivity index (χ3v) is 4.95. The molecular formula is C19H28IN3O2S. The summed E-state index contributed by atoms with van der Waals surface area (Å²) in [6.07, 6.45) is 0.821. The fourth-order valence-electron chi connectivity index (χ4n) is 2.43. The lowest BCUT2D eigenvalue weighted by molar-refractivity contribution is 0.373. The number of phenolic OH excluding ortho intramolecular Hbond substituents is 1. The maximum atomic E-state index is 9.65. The molecule has 144 valence electrons. The van der Waals surface area contributed by atoms with Crippen LogP contribution in [0.1, 0.15) is 30.2 Å². The highest BCUT2D eigenvalue weighted by molar-refractivity contribution is 14.0. The molecule has 26 heavy (non-hydrogen) atoms. The number of aliphatic imine (C=N–C) groups is 1. The molecule has 0 saturated heterocycles. The number of hydrogen-bond acceptors (Lipinski definition) is 4. The van der Waals surface area contributed by atoms with E-state index in [1.54, 1.807) is 24.5 Å². The number of guanidine groups is 1. The Kier molecular flexibility index (Phi) is 10.4. The van der Waals surface area contributed by atoms with Gasteiger partial charge >= 0.3 is 0 Å². The molecule has 2 rings (SSSR count). The van der Waals surface area contributed by atoms with E-state index < -0.39 is 0 Å². The average molecular weight is 489 g/mol. The summed E-state index contributed by atoms with van der Waals surface area (Å²) in [5.74, 6) is 1.91. The van der Waals surface area contributed by atoms with Crippen LogP contribution in [0.5, 0.6) is 11.5 Å². The lowest BCUT2D eigenvalue weighted by Crippen LogP contribution is -2.38. The van der Waals surface area contributed by atoms with Gasteiger partial charge in [-0.25, -0.2) is 0 Å². The van der Waals surface area contributed by atoms with Crippen LogP contribution in [0.4, 0.5) is 0 Å². The summed E-state index contributed by atoms with van der Waals surface area (Å²) in [6.45, 7) is 6.59. The Hall–Kier alpha value is -1.48. The van der Waals surface area contributed by atoms with Crippen molar-refractivity contribution in [1.82, 2.24) is 10.6 Å². The van der Waals surface area contributed by atoms with Crippen molar-refractivity contribution < 1.29 is 9.84 Å². The Morgan fingerprint density at radius 3 is 2.77 bits per heavy atom. The van der Waals surface area contributed by atoms with E-state index in [1.807, 2.05) is 12.1 Å². The van der Waals surface area contributed by atoms with E-state index in [9.17, 15) is 5.11 Å². The molecular weight excluding hydrogens is 461 g/mol. The second-order valence-corrected chi connectivity index (χ2v) is 6.80. The van der Waals surface area contributed by atoms with Gasteiger partial charge in [-0.1, -0.05) is 19.1 Å². The molecule has 0 aliphatic heterocycles. The van der Waals surface area contributed by atoms with Gasteiger partial charge in [0.1, 0.15) is 0 Å². The van der Waals surface area contributed by atoms with E-state index >= 15 is 0 Å². The van der Waals surface area contributed by atoms with Crippen molar-refractivity contribution in [1.29, 1.82) is 0 Å². The third kappa shape index (κ3) is 7.03. The summed E-state index contributed by atoms with van der Waals surface area (Å²) >= 11 is 1.77. The minimum atomic E-state index is 0. The molecule has 5 nitrogen and oxygen atoms in total. The summed E-state index contributed by atoms with van der Waals surface area (Å²) in [5.41, 5.74) is 1.10. The van der Waals surface area contributed by atoms with Gasteiger partial charge in [0.15, 0.2) is 17.5 Å². The number of hydrogen-bond donors (Lipinski definition) is 3. The summed E-state index contributed by atoms with van der Waals surface area (Å²) in [5, 5.41) is 18.4. The zero-order valence-electron chi connectivity index (χ0n) is 15.5. The Balaban J connectivity index is 0.00000338. The van der Waals surface area contributed by atoms with Crippen molar-refractivity contribution in [3.63, 3.8) is 0 Å². The highest BCUT2D eigenvalue weighted by Crippen LogP contribution is 2.26. The molecule has 2 aromatic rings. The lowest BCUT2D eigenvalue weighted by atomic mass is 10.1. The summed E-state index contributed by atoms with van der Waals surface area (Å²) < 4.78 is 5.15. The SMILES string of the molecule is CCNC(=NCC(C)c1cccs1)NCCc1ccc(O)c(OC)c1.I. The topological polar surface area (TPSA) is 65.9 Å². The van der Waals surface area contributed by atoms with Crippen LogP contribution in [-0.2, 0) is 6.42 Å². The number of rotatable bonds is 8. The Labute approximate surface area is 176 Å². The van der Waals surface area contributed by atoms with Gasteiger partial charge in [-0.3, -0.25) is 4.99 Å². The average Bonchev–Trinajstić information content (AvgIpc) is 3.15. The van der Waals surface area contributed by atoms with Crippen LogP contribution in [0.3, 0.4) is 0 Å². The van der Waals surface area contributed by atoms with Gasteiger partial charge in [0, 0.05) is 23.9 Å². The number of thiophene rings is 1. The van der Waals surface area contributed by atoms with Gasteiger partial charge < -0.3 is 20.5 Å². The zero-order valence-corrected chi connectivity index (χ0v) is 18.6. The summed E-state index contributed by atoms with van der Waals surface area (Å²) in [6, 6.07) is 9.66. The fourth-order valence-corrected chi connectivity index (χ4v) is 3.21. The van der Waals surface area contributed by atoms with Crippen molar-refractivity contribution in [2.24, 2.45) is 4.99 Å². The number of methoxy groups -OCH3 is 1. The fraction of sp³-hybridized carbons (Fsp3) is 0.421. The number of nitrogens with zero attached hydrogens (tertiary/aromatic N) is 1. The van der Waals surface area contributed by atoms with Crippen molar-refractivity contribution >= 4 is 41.3 Å². The molecule has 0 aliphatic rings. The summed E-state index contributed by atoms with van der Waals surface area (Å²) in [7, 11) is 1.56. The standard InChI is InChI=1S/C19H27N3O2S.HI/c1-4-20-19(22-13-14(2)18-6-5-11-25-18)21-10-9-15-7-8-16(23)17(12-15)24-3;/h5-8,11-12,14,23H,4,9-10,13H2,1-3H3,(H2,20,21,22);1H. The predicted octanol–water partition coefficient (Wildman–Crippen LogP) is 3.98. The van der Waals surface area contributed by atoms with Crippen LogP contribution < -0.4 is 15.4 Å². The number of ether oxygens (including phenoxy) is 1. The molecule has 0 radical (unpaired) electrons. The van der Waals surface area contributed by atoms with Gasteiger partial charge in [0.2, 0.25) is 0 Å². The van der Waals surface area contributed by atoms with Gasteiger partial charge in [0.25, 0.3) is 0 Å². The molecule has 0 spiro atoms. The molecule has 1 atom stereocenters. The number of nitrogens with one attached hydrogen (secondary N) is 2. The molecule has 0 saturated carbocycles. The molecule has 0 fully saturated rings. The molecule has 1 unspecified atom stereocenters. The van der Waals surface area contributed by atoms with E-state index in [1.165, 1.54) is 4.88 Å². The first kappa shape index (κ1) is 22.6. The van der Waals surface area contributed by atoms with Crippen LogP contribution in [-0.4, -0.2) is 37.8 Å². The molecule has 0 aliphatic carbocycles. The molecule has 0 amide bonds. The number of benzene rings is 1. The smallest absolute Gasteiger partial charge is 0.191 e. The maximum Gasteiger partial charge on any atom is 0.191 e. The highest BCUT2D eigenvalue weighted by atomic mass is 127. The van der Waals surface area contributed by atoms with Crippen molar-refractivity contribution in [3.05, 3.63) is 46.2 Å². The monoisotopic (exact) mass is 489 g/mol. The molecule has 1 aromatic carbocycles. The molecule has 1 heterocycles. The van der Waals surface area contributed by atoms with E-state index in [0.29, 0.717) is 11.7 Å². The first-order valence-corrected chi connectivity index (χ1v) is 9.43. The minimum absolute atomic E-state index is 0. The van der Waals surface area contributed by atoms with E-state index in [0.717, 1.165) is 37.6 Å². The minimum Gasteiger partial charge on any atom is -0.504 e. The second kappa shape index (κ2) is 12.0. The maximum absolute atomic E-state index is 9.65. The van der Waals surface area contributed by atoms with Gasteiger partial charge in [-0.05, 0) is 42.5 Å². The predicted molar refractivity (Wildman–Crippen MR) is 120 cm³/mol. The van der Waals surface area contributed by atoms with Crippen molar-refractivity contribution in [2.45, 2.75) is 26.2 Å². The lowest BCUT2D eigenvalue weighted by Gasteiger charge is -2.13. The number of halogens is 1. The molecule has 0 bridgehead atoms. The van der Waals surface area contributed by atoms with Crippen LogP contribution >= 0.6 is 35.3 Å². The summed E-state index contributed by atoms with van der Waals surface area (Å²) in [4.78, 5) is 6.04. The first-order chi connectivity index (χ1) is 12.1. The largest absolute Gasteiger partial charge is 0.504 e. The van der Waals surface area contributed by atoms with Crippen molar-refractivity contribution in [2.75, 3.05) is 26.7 Å². The molecule has 7 heteroatoms. The Bertz CT molecular complexity index is 677. The molecule has 3 N–H and O–H groups in total. The van der Waals surface area contributed by atoms with Crippen LogP contribution in [0, 0.1) is 0 Å². The van der Waals surface area contributed by atoms with Crippen LogP contribution in [0.15, 0.2) is 40.7 Å². The van der Waals surface area contributed by atoms with Gasteiger partial charge in [-0.2, -0.15) is 0 Å². The van der Waals surface area contributed by atoms with Gasteiger partial charge in [0.05, 0.1) is 13.7 Å². The number of phenols is 1. The normalized spacial score (nSPS) is 12.2. The van der Waals surface area contributed by atoms with Crippen molar-refractivity contribution in [3.8, 4) is 11.5 Å². The zero-order chi connectivity index (χ0) is 18.1. The van der Waals surface area contributed by atoms with E-state index in [4.69, 9.17) is 4.74 Å². The quantitative estimate of drug-likeness (QED) is 0.298. The van der Waals surface area contributed by atoms with E-state index in [-0.39, 0.29) is 29.7 Å². The van der Waals surface area contributed by atoms with Gasteiger partial charge in [-0.15, -0.1) is 35.3 Å². The van der Waals surface area contributed by atoms with Crippen LogP contribution in [0.25, 0.3) is 0 Å². The molecule has 1 aromatic heterocycles. The first-order valence-electron chi connectivity index (χ1n) is 8.55. The van der Waals surface area contributed by atoms with E-state index in [2.05, 4.69) is 47.0 Å².